The number of hydrogen-bond acceptors (Lipinski definition) is 3. The van der Waals surface area contributed by atoms with E-state index in [1.807, 2.05) is 0 Å². The Morgan fingerprint density at radius 3 is 2.81 bits per heavy atom. The molecule has 6 nitrogen and oxygen atoms in total. The summed E-state index contributed by atoms with van der Waals surface area (Å²) in [7, 11) is 0. The third-order valence-corrected chi connectivity index (χ3v) is 1.97. The van der Waals surface area contributed by atoms with Gasteiger partial charge in [0.25, 0.3) is 0 Å². The van der Waals surface area contributed by atoms with Crippen molar-refractivity contribution in [3.05, 3.63) is 30.4 Å². The number of rotatable bonds is 5. The van der Waals surface area contributed by atoms with Crippen molar-refractivity contribution in [1.82, 2.24) is 15.3 Å². The number of aromatic nitrogens is 2. The van der Waals surface area contributed by atoms with Crippen LogP contribution in [0.1, 0.15) is 12.6 Å². The first-order valence-corrected chi connectivity index (χ1v) is 4.67. The topological polar surface area (TPSA) is 95.1 Å². The van der Waals surface area contributed by atoms with Gasteiger partial charge in [0, 0.05) is 23.9 Å². The fourth-order valence-electron chi connectivity index (χ4n) is 1.10. The Bertz CT molecular complexity index is 397. The molecule has 0 aliphatic carbocycles. The monoisotopic (exact) mass is 223 g/mol. The first kappa shape index (κ1) is 12.0. The highest BCUT2D eigenvalue weighted by Gasteiger charge is 2.20. The predicted molar refractivity (Wildman–Crippen MR) is 56.7 cm³/mol. The van der Waals surface area contributed by atoms with Crippen LogP contribution in [0.3, 0.4) is 0 Å². The summed E-state index contributed by atoms with van der Waals surface area (Å²) < 4.78 is 0. The molecule has 0 fully saturated rings. The molecule has 16 heavy (non-hydrogen) atoms. The number of carbonyl (C=O) groups excluding carboxylic acids is 1. The lowest BCUT2D eigenvalue weighted by Gasteiger charge is -2.13. The summed E-state index contributed by atoms with van der Waals surface area (Å²) in [5, 5.41) is 11.3. The molecule has 1 heterocycles. The molecule has 0 spiro atoms. The van der Waals surface area contributed by atoms with Gasteiger partial charge in [-0.2, -0.15) is 0 Å². The van der Waals surface area contributed by atoms with Crippen molar-refractivity contribution < 1.29 is 14.7 Å². The van der Waals surface area contributed by atoms with Gasteiger partial charge in [-0.15, -0.1) is 0 Å². The standard InChI is InChI=1S/C10H13N3O3/c1-6(2)9(14)13-8(10(15)16)3-7-4-11-5-12-7/h4-5,8H,1,3H2,2H3,(H,11,12)(H,13,14)(H,15,16). The van der Waals surface area contributed by atoms with Crippen LogP contribution in [0.15, 0.2) is 24.7 Å². The molecule has 1 aromatic rings. The van der Waals surface area contributed by atoms with Gasteiger partial charge in [0.05, 0.1) is 6.33 Å². The molecule has 0 aliphatic rings. The number of imidazole rings is 1. The van der Waals surface area contributed by atoms with Crippen molar-refractivity contribution in [3.8, 4) is 0 Å². The van der Waals surface area contributed by atoms with Crippen LogP contribution in [0.2, 0.25) is 0 Å². The maximum absolute atomic E-state index is 11.3. The Morgan fingerprint density at radius 1 is 1.69 bits per heavy atom. The highest BCUT2D eigenvalue weighted by atomic mass is 16.4. The number of carbonyl (C=O) groups is 2. The number of amides is 1. The summed E-state index contributed by atoms with van der Waals surface area (Å²) in [6.07, 6.45) is 3.13. The first-order chi connectivity index (χ1) is 7.50. The third-order valence-electron chi connectivity index (χ3n) is 1.97. The van der Waals surface area contributed by atoms with Gasteiger partial charge < -0.3 is 15.4 Å². The van der Waals surface area contributed by atoms with E-state index in [1.165, 1.54) is 19.4 Å². The van der Waals surface area contributed by atoms with Gasteiger partial charge in [-0.25, -0.2) is 9.78 Å². The Balaban J connectivity index is 2.65. The van der Waals surface area contributed by atoms with E-state index in [9.17, 15) is 9.59 Å². The lowest BCUT2D eigenvalue weighted by atomic mass is 10.1. The summed E-state index contributed by atoms with van der Waals surface area (Å²) in [5.74, 6) is -1.56. The van der Waals surface area contributed by atoms with Gasteiger partial charge in [-0.05, 0) is 6.92 Å². The Kier molecular flexibility index (Phi) is 3.82. The van der Waals surface area contributed by atoms with Crippen LogP contribution >= 0.6 is 0 Å². The van der Waals surface area contributed by atoms with E-state index in [1.54, 1.807) is 0 Å². The molecule has 0 aliphatic heterocycles. The number of H-pyrrole nitrogens is 1. The number of carboxylic acids is 1. The van der Waals surface area contributed by atoms with Gasteiger partial charge in [-0.1, -0.05) is 6.58 Å². The Morgan fingerprint density at radius 2 is 2.38 bits per heavy atom. The second-order valence-electron chi connectivity index (χ2n) is 3.43. The van der Waals surface area contributed by atoms with Gasteiger partial charge in [0.15, 0.2) is 0 Å². The molecule has 0 bridgehead atoms. The van der Waals surface area contributed by atoms with Crippen LogP contribution in [-0.4, -0.2) is 33.0 Å². The number of hydrogen-bond donors (Lipinski definition) is 3. The molecule has 0 saturated carbocycles. The van der Waals surface area contributed by atoms with Crippen molar-refractivity contribution >= 4 is 11.9 Å². The first-order valence-electron chi connectivity index (χ1n) is 4.67. The second kappa shape index (κ2) is 5.11. The highest BCUT2D eigenvalue weighted by Crippen LogP contribution is 2.00. The van der Waals surface area contributed by atoms with Gasteiger partial charge in [-0.3, -0.25) is 4.79 Å². The molecule has 0 saturated heterocycles. The van der Waals surface area contributed by atoms with Crippen LogP contribution < -0.4 is 5.32 Å². The van der Waals surface area contributed by atoms with Crippen LogP contribution in [0.25, 0.3) is 0 Å². The average molecular weight is 223 g/mol. The van der Waals surface area contributed by atoms with Crippen molar-refractivity contribution in [2.45, 2.75) is 19.4 Å². The molecule has 0 radical (unpaired) electrons. The molecule has 3 N–H and O–H groups in total. The molecule has 1 unspecified atom stereocenters. The van der Waals surface area contributed by atoms with Crippen LogP contribution in [0, 0.1) is 0 Å². The molecule has 1 atom stereocenters. The van der Waals surface area contributed by atoms with E-state index in [-0.39, 0.29) is 12.0 Å². The van der Waals surface area contributed by atoms with Crippen molar-refractivity contribution in [2.75, 3.05) is 0 Å². The summed E-state index contributed by atoms with van der Waals surface area (Å²) >= 11 is 0. The molecule has 0 aromatic carbocycles. The number of aromatic amines is 1. The maximum atomic E-state index is 11.3. The zero-order valence-electron chi connectivity index (χ0n) is 8.86. The lowest BCUT2D eigenvalue weighted by molar-refractivity contribution is -0.141. The third kappa shape index (κ3) is 3.23. The zero-order chi connectivity index (χ0) is 12.1. The highest BCUT2D eigenvalue weighted by molar-refractivity contribution is 5.94. The normalized spacial score (nSPS) is 11.8. The summed E-state index contributed by atoms with van der Waals surface area (Å²) in [4.78, 5) is 28.7. The smallest absolute Gasteiger partial charge is 0.326 e. The number of nitrogens with zero attached hydrogens (tertiary/aromatic N) is 1. The van der Waals surface area contributed by atoms with E-state index in [0.29, 0.717) is 5.69 Å². The van der Waals surface area contributed by atoms with Crippen LogP contribution in [0.4, 0.5) is 0 Å². The zero-order valence-corrected chi connectivity index (χ0v) is 8.86. The average Bonchev–Trinajstić information content (AvgIpc) is 2.68. The fraction of sp³-hybridized carbons (Fsp3) is 0.300. The molecule has 1 amide bonds. The van der Waals surface area contributed by atoms with E-state index >= 15 is 0 Å². The molecule has 1 rings (SSSR count). The summed E-state index contributed by atoms with van der Waals surface area (Å²) in [5.41, 5.74) is 0.922. The van der Waals surface area contributed by atoms with Gasteiger partial charge >= 0.3 is 5.97 Å². The van der Waals surface area contributed by atoms with Crippen LogP contribution in [0.5, 0.6) is 0 Å². The summed E-state index contributed by atoms with van der Waals surface area (Å²) in [6.45, 7) is 4.96. The molecular formula is C10H13N3O3. The number of nitrogens with one attached hydrogen (secondary N) is 2. The van der Waals surface area contributed by atoms with E-state index in [4.69, 9.17) is 5.11 Å². The molecule has 6 heteroatoms. The lowest BCUT2D eigenvalue weighted by Crippen LogP contribution is -2.42. The minimum atomic E-state index is -1.09. The SMILES string of the molecule is C=C(C)C(=O)NC(Cc1cnc[nH]1)C(=O)O. The van der Waals surface area contributed by atoms with Crippen molar-refractivity contribution in [2.24, 2.45) is 0 Å². The van der Waals surface area contributed by atoms with Gasteiger partial charge in [0.2, 0.25) is 5.91 Å². The Labute approximate surface area is 92.4 Å². The predicted octanol–water partition coefficient (Wildman–Crippen LogP) is 0.0977. The van der Waals surface area contributed by atoms with E-state index in [2.05, 4.69) is 21.9 Å². The minimum Gasteiger partial charge on any atom is -0.480 e. The van der Waals surface area contributed by atoms with E-state index in [0.717, 1.165) is 0 Å². The number of aliphatic carboxylic acids is 1. The van der Waals surface area contributed by atoms with Crippen molar-refractivity contribution in [1.29, 1.82) is 0 Å². The van der Waals surface area contributed by atoms with Gasteiger partial charge in [0.1, 0.15) is 6.04 Å². The second-order valence-corrected chi connectivity index (χ2v) is 3.43. The fourth-order valence-corrected chi connectivity index (χ4v) is 1.10. The van der Waals surface area contributed by atoms with Crippen LogP contribution in [-0.2, 0) is 16.0 Å². The molecular weight excluding hydrogens is 210 g/mol. The number of carboxylic acid groups (broad SMARTS) is 1. The quantitative estimate of drug-likeness (QED) is 0.617. The maximum Gasteiger partial charge on any atom is 0.326 e. The molecule has 86 valence electrons. The largest absolute Gasteiger partial charge is 0.480 e. The summed E-state index contributed by atoms with van der Waals surface area (Å²) in [6, 6.07) is -0.982. The minimum absolute atomic E-state index is 0.161. The van der Waals surface area contributed by atoms with E-state index < -0.39 is 17.9 Å². The Hall–Kier alpha value is -2.11. The van der Waals surface area contributed by atoms with Crippen molar-refractivity contribution in [3.63, 3.8) is 0 Å². The molecule has 1 aromatic heterocycles.